The summed E-state index contributed by atoms with van der Waals surface area (Å²) in [6, 6.07) is 0. The van der Waals surface area contributed by atoms with Gasteiger partial charge in [0.25, 0.3) is 5.91 Å². The quantitative estimate of drug-likeness (QED) is 0.389. The first-order valence-corrected chi connectivity index (χ1v) is 8.34. The van der Waals surface area contributed by atoms with Crippen molar-refractivity contribution in [1.82, 2.24) is 10.3 Å². The normalized spacial score (nSPS) is 12.4. The zero-order chi connectivity index (χ0) is 22.0. The molecule has 0 saturated carbocycles. The molecule has 0 radical (unpaired) electrons. The lowest BCUT2D eigenvalue weighted by Crippen LogP contribution is -2.15. The Morgan fingerprint density at radius 2 is 1.82 bits per heavy atom. The maximum Gasteiger partial charge on any atom is 0.284 e. The van der Waals surface area contributed by atoms with Crippen molar-refractivity contribution < 1.29 is 18.0 Å². The Morgan fingerprint density at radius 1 is 1.25 bits per heavy atom. The highest BCUT2D eigenvalue weighted by Gasteiger charge is 2.17. The number of rotatable bonds is 6. The number of carbonyl (C=O) groups excluding carboxylic acids is 1. The van der Waals surface area contributed by atoms with E-state index in [1.54, 1.807) is 13.8 Å². The van der Waals surface area contributed by atoms with Gasteiger partial charge in [0.1, 0.15) is 5.82 Å². The number of aryl methyl sites for hydroxylation is 1. The highest BCUT2D eigenvalue weighted by Crippen LogP contribution is 2.24. The fourth-order valence-electron chi connectivity index (χ4n) is 2.19. The Morgan fingerprint density at radius 3 is 2.29 bits per heavy atom. The first-order valence-electron chi connectivity index (χ1n) is 8.34. The molecule has 0 aromatic carbocycles. The van der Waals surface area contributed by atoms with Crippen molar-refractivity contribution in [1.29, 1.82) is 0 Å². The number of anilines is 1. The molecule has 1 aromatic heterocycles. The van der Waals surface area contributed by atoms with E-state index in [4.69, 9.17) is 0 Å². The second kappa shape index (κ2) is 11.6. The monoisotopic (exact) mass is 393 g/mol. The molecule has 1 heterocycles. The van der Waals surface area contributed by atoms with Crippen molar-refractivity contribution in [2.75, 3.05) is 12.4 Å². The van der Waals surface area contributed by atoms with E-state index in [9.17, 15) is 18.0 Å². The number of allylic oxidation sites excluding steroid dienone is 5. The summed E-state index contributed by atoms with van der Waals surface area (Å²) < 4.78 is 42.4. The third kappa shape index (κ3) is 6.26. The van der Waals surface area contributed by atoms with Gasteiger partial charge in [-0.05, 0) is 39.3 Å². The van der Waals surface area contributed by atoms with Crippen LogP contribution < -0.4 is 10.6 Å². The minimum atomic E-state index is -1.23. The molecule has 0 atom stereocenters. The zero-order valence-corrected chi connectivity index (χ0v) is 16.8. The predicted octanol–water partition coefficient (Wildman–Crippen LogP) is 5.35. The van der Waals surface area contributed by atoms with Gasteiger partial charge < -0.3 is 10.6 Å². The van der Waals surface area contributed by atoms with Gasteiger partial charge in [0.15, 0.2) is 11.7 Å². The third-order valence-electron chi connectivity index (χ3n) is 3.66. The van der Waals surface area contributed by atoms with Crippen LogP contribution in [-0.4, -0.2) is 17.9 Å². The van der Waals surface area contributed by atoms with E-state index in [-0.39, 0.29) is 22.5 Å². The number of nitrogens with zero attached hydrogens (tertiary/aromatic N) is 1. The van der Waals surface area contributed by atoms with Crippen LogP contribution in [0.25, 0.3) is 0 Å². The number of hydrogen-bond acceptors (Lipinski definition) is 3. The van der Waals surface area contributed by atoms with Gasteiger partial charge in [-0.25, -0.2) is 13.2 Å². The lowest BCUT2D eigenvalue weighted by Gasteiger charge is -2.11. The Labute approximate surface area is 164 Å². The third-order valence-corrected chi connectivity index (χ3v) is 3.66. The molecule has 1 rings (SSSR count). The van der Waals surface area contributed by atoms with E-state index >= 15 is 0 Å². The van der Waals surface area contributed by atoms with E-state index in [2.05, 4.69) is 35.4 Å². The van der Waals surface area contributed by atoms with Crippen molar-refractivity contribution in [3.05, 3.63) is 83.7 Å². The molecular formula is C21H26F3N3O. The van der Waals surface area contributed by atoms with Gasteiger partial charge >= 0.3 is 0 Å². The van der Waals surface area contributed by atoms with Crippen molar-refractivity contribution in [2.24, 2.45) is 0 Å². The molecule has 0 aliphatic heterocycles. The Hall–Kier alpha value is -3.09. The molecule has 0 aliphatic carbocycles. The topological polar surface area (TPSA) is 54.0 Å². The highest BCUT2D eigenvalue weighted by molar-refractivity contribution is 6.03. The fourth-order valence-corrected chi connectivity index (χ4v) is 2.19. The molecule has 2 N–H and O–H groups in total. The average Bonchev–Trinajstić information content (AvgIpc) is 2.67. The lowest BCUT2D eigenvalue weighted by molar-refractivity contribution is -0.114. The number of aromatic nitrogens is 1. The summed E-state index contributed by atoms with van der Waals surface area (Å²) in [6.07, 6.45) is 3.10. The largest absolute Gasteiger partial charge is 0.386 e. The number of halogens is 3. The summed E-state index contributed by atoms with van der Waals surface area (Å²) in [6.45, 7) is 15.7. The summed E-state index contributed by atoms with van der Waals surface area (Å²) in [4.78, 5) is 15.9. The maximum atomic E-state index is 14.5. The first-order chi connectivity index (χ1) is 13.1. The minimum absolute atomic E-state index is 0.0782. The van der Waals surface area contributed by atoms with Gasteiger partial charge in [0.2, 0.25) is 0 Å². The molecule has 0 unspecified atom stereocenters. The molecule has 152 valence electrons. The maximum absolute atomic E-state index is 14.5. The molecule has 0 fully saturated rings. The van der Waals surface area contributed by atoms with Crippen LogP contribution >= 0.6 is 0 Å². The van der Waals surface area contributed by atoms with Crippen LogP contribution in [0, 0.1) is 19.7 Å². The van der Waals surface area contributed by atoms with Gasteiger partial charge in [0.05, 0.1) is 23.3 Å². The predicted molar refractivity (Wildman–Crippen MR) is 109 cm³/mol. The average molecular weight is 393 g/mol. The molecular weight excluding hydrogens is 367 g/mol. The van der Waals surface area contributed by atoms with Crippen molar-refractivity contribution >= 4 is 11.6 Å². The SMILES string of the molecule is C=C.C=C(C)\C(NC)=C(F)/C(/C=C(\F)C(=O)Nc1c(C)ncc(F)c1C)=C\C. The number of likely N-dealkylation sites (N-methyl/N-ethyl adjacent to an activating group) is 1. The van der Waals surface area contributed by atoms with Crippen LogP contribution in [0.3, 0.4) is 0 Å². The van der Waals surface area contributed by atoms with Crippen molar-refractivity contribution in [2.45, 2.75) is 27.7 Å². The summed E-state index contributed by atoms with van der Waals surface area (Å²) in [5, 5.41) is 4.91. The van der Waals surface area contributed by atoms with Gasteiger partial charge in [0, 0.05) is 18.2 Å². The molecule has 28 heavy (non-hydrogen) atoms. The smallest absolute Gasteiger partial charge is 0.284 e. The van der Waals surface area contributed by atoms with Gasteiger partial charge in [-0.2, -0.15) is 0 Å². The number of hydrogen-bond donors (Lipinski definition) is 2. The van der Waals surface area contributed by atoms with Crippen LogP contribution in [0.4, 0.5) is 18.9 Å². The van der Waals surface area contributed by atoms with E-state index in [1.165, 1.54) is 27.0 Å². The van der Waals surface area contributed by atoms with Gasteiger partial charge in [-0.3, -0.25) is 9.78 Å². The van der Waals surface area contributed by atoms with Crippen LogP contribution in [-0.2, 0) is 4.79 Å². The molecule has 0 aliphatic rings. The Kier molecular flexibility index (Phi) is 10.3. The second-order valence-electron chi connectivity index (χ2n) is 5.60. The van der Waals surface area contributed by atoms with Crippen molar-refractivity contribution in [3.63, 3.8) is 0 Å². The summed E-state index contributed by atoms with van der Waals surface area (Å²) in [5.41, 5.74) is 0.936. The van der Waals surface area contributed by atoms with Crippen LogP contribution in [0.1, 0.15) is 25.1 Å². The minimum Gasteiger partial charge on any atom is -0.386 e. The van der Waals surface area contributed by atoms with E-state index in [0.717, 1.165) is 12.3 Å². The molecule has 0 spiro atoms. The van der Waals surface area contributed by atoms with E-state index < -0.39 is 23.4 Å². The summed E-state index contributed by atoms with van der Waals surface area (Å²) in [7, 11) is 1.51. The number of carbonyl (C=O) groups is 1. The lowest BCUT2D eigenvalue weighted by atomic mass is 10.1. The van der Waals surface area contributed by atoms with E-state index in [1.807, 2.05) is 0 Å². The first kappa shape index (κ1) is 24.9. The number of nitrogens with one attached hydrogen (secondary N) is 2. The summed E-state index contributed by atoms with van der Waals surface area (Å²) in [5.74, 6) is -3.73. The number of pyridine rings is 1. The Bertz CT molecular complexity index is 840. The van der Waals surface area contributed by atoms with Crippen molar-refractivity contribution in [3.8, 4) is 0 Å². The summed E-state index contributed by atoms with van der Waals surface area (Å²) >= 11 is 0. The van der Waals surface area contributed by atoms with Crippen LogP contribution in [0.5, 0.6) is 0 Å². The van der Waals surface area contributed by atoms with Crippen LogP contribution in [0.15, 0.2) is 66.6 Å². The van der Waals surface area contributed by atoms with Gasteiger partial charge in [-0.15, -0.1) is 13.2 Å². The Balaban J connectivity index is 0.00000352. The molecule has 1 amide bonds. The number of amides is 1. The fraction of sp³-hybridized carbons (Fsp3) is 0.238. The van der Waals surface area contributed by atoms with Crippen LogP contribution in [0.2, 0.25) is 0 Å². The second-order valence-corrected chi connectivity index (χ2v) is 5.60. The molecule has 0 saturated heterocycles. The molecule has 0 bridgehead atoms. The van der Waals surface area contributed by atoms with E-state index in [0.29, 0.717) is 11.3 Å². The molecule has 7 heteroatoms. The standard InChI is InChI=1S/C19H22F3N3O.C2H4/c1-7-13(16(22)17(23-6)10(2)3)8-14(20)19(26)25-18-11(4)15(21)9-24-12(18)5;1-2/h7-9,23H,2H2,1,3-6H3,(H,25,26);1-2H2/b13-7-,14-8-,17-16-;. The molecule has 1 aromatic rings. The van der Waals surface area contributed by atoms with Gasteiger partial charge in [-0.1, -0.05) is 12.7 Å². The molecule has 4 nitrogen and oxygen atoms in total. The highest BCUT2D eigenvalue weighted by atomic mass is 19.1. The zero-order valence-electron chi connectivity index (χ0n) is 16.8.